The topological polar surface area (TPSA) is 42.4 Å². The zero-order chi connectivity index (χ0) is 14.2. The summed E-state index contributed by atoms with van der Waals surface area (Å²) in [6, 6.07) is 7.71. The lowest BCUT2D eigenvalue weighted by Crippen LogP contribution is -1.99. The van der Waals surface area contributed by atoms with Crippen molar-refractivity contribution in [2.24, 2.45) is 0 Å². The van der Waals surface area contributed by atoms with Crippen LogP contribution in [-0.4, -0.2) is 10.1 Å². The summed E-state index contributed by atoms with van der Waals surface area (Å²) in [5, 5.41) is 13.1. The van der Waals surface area contributed by atoms with Crippen LogP contribution in [0.1, 0.15) is 49.3 Å². The summed E-state index contributed by atoms with van der Waals surface area (Å²) in [4.78, 5) is 4.18. The number of aromatic nitrogens is 1. The molecule has 0 aliphatic carbocycles. The van der Waals surface area contributed by atoms with Crippen molar-refractivity contribution in [3.63, 3.8) is 0 Å². The van der Waals surface area contributed by atoms with Gasteiger partial charge in [0.25, 0.3) is 0 Å². The van der Waals surface area contributed by atoms with Crippen LogP contribution in [-0.2, 0) is 6.61 Å². The molecule has 2 aromatic rings. The van der Waals surface area contributed by atoms with Gasteiger partial charge in [-0.3, -0.25) is 0 Å². The zero-order valence-corrected chi connectivity index (χ0v) is 12.6. The maximum absolute atomic E-state index is 10.2. The Morgan fingerprint density at radius 3 is 3.00 bits per heavy atom. The van der Waals surface area contributed by atoms with E-state index in [1.165, 1.54) is 6.42 Å². The van der Waals surface area contributed by atoms with Crippen molar-refractivity contribution in [3.05, 3.63) is 46.4 Å². The molecule has 0 amide bonds. The number of unbranched alkanes of at least 4 members (excludes halogenated alkanes) is 2. The molecule has 0 bridgehead atoms. The third-order valence-electron chi connectivity index (χ3n) is 3.17. The molecule has 0 saturated heterocycles. The first-order chi connectivity index (χ1) is 9.79. The first kappa shape index (κ1) is 15.0. The quantitative estimate of drug-likeness (QED) is 0.736. The molecule has 1 aromatic carbocycles. The molecule has 1 aromatic heterocycles. The van der Waals surface area contributed by atoms with Gasteiger partial charge in [0, 0.05) is 11.6 Å². The lowest BCUT2D eigenvalue weighted by atomic mass is 10.0. The predicted octanol–water partition coefficient (Wildman–Crippen LogP) is 4.34. The van der Waals surface area contributed by atoms with Gasteiger partial charge >= 0.3 is 0 Å². The Morgan fingerprint density at radius 1 is 1.35 bits per heavy atom. The lowest BCUT2D eigenvalue weighted by molar-refractivity contribution is 0.163. The molecule has 3 nitrogen and oxygen atoms in total. The van der Waals surface area contributed by atoms with Crippen LogP contribution in [0.2, 0.25) is 0 Å². The molecule has 4 heteroatoms. The highest BCUT2D eigenvalue weighted by atomic mass is 32.1. The normalized spacial score (nSPS) is 12.3. The summed E-state index contributed by atoms with van der Waals surface area (Å²) in [7, 11) is 0. The van der Waals surface area contributed by atoms with Crippen molar-refractivity contribution in [2.75, 3.05) is 0 Å². The molecule has 0 spiro atoms. The van der Waals surface area contributed by atoms with Crippen LogP contribution in [0.5, 0.6) is 5.75 Å². The van der Waals surface area contributed by atoms with Gasteiger partial charge in [0.1, 0.15) is 17.4 Å². The van der Waals surface area contributed by atoms with E-state index in [0.29, 0.717) is 6.61 Å². The standard InChI is InChI=1S/C16H21NO2S/c1-2-3-4-8-15(18)13-6-5-7-14(11-13)19-12-16-17-9-10-20-16/h5-7,9-11,15,18H,2-4,8,12H2,1H3. The first-order valence-corrected chi connectivity index (χ1v) is 7.96. The number of rotatable bonds is 8. The van der Waals surface area contributed by atoms with Crippen molar-refractivity contribution in [1.82, 2.24) is 4.98 Å². The van der Waals surface area contributed by atoms with E-state index in [-0.39, 0.29) is 0 Å². The summed E-state index contributed by atoms with van der Waals surface area (Å²) >= 11 is 1.58. The Hall–Kier alpha value is -1.39. The number of ether oxygens (including phenoxy) is 1. The number of hydrogen-bond donors (Lipinski definition) is 1. The minimum atomic E-state index is -0.398. The Morgan fingerprint density at radius 2 is 2.25 bits per heavy atom. The van der Waals surface area contributed by atoms with Gasteiger partial charge in [0.05, 0.1) is 6.10 Å². The van der Waals surface area contributed by atoms with Gasteiger partial charge in [-0.2, -0.15) is 0 Å². The molecule has 0 saturated carbocycles. The molecule has 1 heterocycles. The maximum atomic E-state index is 10.2. The Kier molecular flexibility index (Phi) is 6.02. The predicted molar refractivity (Wildman–Crippen MR) is 82.0 cm³/mol. The van der Waals surface area contributed by atoms with Crippen molar-refractivity contribution >= 4 is 11.3 Å². The van der Waals surface area contributed by atoms with Crippen molar-refractivity contribution in [3.8, 4) is 5.75 Å². The third-order valence-corrected chi connectivity index (χ3v) is 3.92. The Bertz CT molecular complexity index is 499. The highest BCUT2D eigenvalue weighted by Gasteiger charge is 2.08. The number of aliphatic hydroxyl groups is 1. The van der Waals surface area contributed by atoms with E-state index < -0.39 is 6.10 Å². The van der Waals surface area contributed by atoms with E-state index in [2.05, 4.69) is 11.9 Å². The average Bonchev–Trinajstić information content (AvgIpc) is 2.99. The van der Waals surface area contributed by atoms with Gasteiger partial charge in [0.2, 0.25) is 0 Å². The molecule has 0 fully saturated rings. The Labute approximate surface area is 124 Å². The average molecular weight is 291 g/mol. The van der Waals surface area contributed by atoms with E-state index in [1.54, 1.807) is 17.5 Å². The molecule has 2 rings (SSSR count). The molecule has 1 unspecified atom stereocenters. The van der Waals surface area contributed by atoms with E-state index in [4.69, 9.17) is 4.74 Å². The molecule has 0 aliphatic rings. The van der Waals surface area contributed by atoms with Crippen LogP contribution in [0, 0.1) is 0 Å². The number of hydrogen-bond acceptors (Lipinski definition) is 4. The number of benzene rings is 1. The molecular weight excluding hydrogens is 270 g/mol. The number of thiazole rings is 1. The lowest BCUT2D eigenvalue weighted by Gasteiger charge is -2.12. The summed E-state index contributed by atoms with van der Waals surface area (Å²) in [6.07, 6.45) is 5.58. The molecule has 0 aliphatic heterocycles. The van der Waals surface area contributed by atoms with Crippen LogP contribution in [0.3, 0.4) is 0 Å². The van der Waals surface area contributed by atoms with Crippen LogP contribution in [0.15, 0.2) is 35.8 Å². The molecule has 1 atom stereocenters. The monoisotopic (exact) mass is 291 g/mol. The van der Waals surface area contributed by atoms with E-state index >= 15 is 0 Å². The van der Waals surface area contributed by atoms with E-state index in [9.17, 15) is 5.11 Å². The highest BCUT2D eigenvalue weighted by molar-refractivity contribution is 7.09. The third kappa shape index (κ3) is 4.62. The van der Waals surface area contributed by atoms with E-state index in [1.807, 2.05) is 29.6 Å². The first-order valence-electron chi connectivity index (χ1n) is 7.08. The summed E-state index contributed by atoms with van der Waals surface area (Å²) in [6.45, 7) is 2.65. The van der Waals surface area contributed by atoms with Crippen molar-refractivity contribution < 1.29 is 9.84 Å². The highest BCUT2D eigenvalue weighted by Crippen LogP contribution is 2.24. The number of aliphatic hydroxyl groups excluding tert-OH is 1. The zero-order valence-electron chi connectivity index (χ0n) is 11.8. The summed E-state index contributed by atoms with van der Waals surface area (Å²) < 4.78 is 5.70. The van der Waals surface area contributed by atoms with Crippen LogP contribution < -0.4 is 4.74 Å². The van der Waals surface area contributed by atoms with Gasteiger partial charge in [-0.25, -0.2) is 4.98 Å². The van der Waals surface area contributed by atoms with Crippen molar-refractivity contribution in [2.45, 2.75) is 45.3 Å². The minimum absolute atomic E-state index is 0.398. The molecule has 108 valence electrons. The second-order valence-electron chi connectivity index (χ2n) is 4.80. The molecule has 1 N–H and O–H groups in total. The molecule has 20 heavy (non-hydrogen) atoms. The largest absolute Gasteiger partial charge is 0.486 e. The minimum Gasteiger partial charge on any atom is -0.486 e. The van der Waals surface area contributed by atoms with Gasteiger partial charge < -0.3 is 9.84 Å². The van der Waals surface area contributed by atoms with Gasteiger partial charge in [-0.15, -0.1) is 11.3 Å². The van der Waals surface area contributed by atoms with Gasteiger partial charge in [0.15, 0.2) is 0 Å². The van der Waals surface area contributed by atoms with Crippen LogP contribution in [0.4, 0.5) is 0 Å². The Balaban J connectivity index is 1.89. The fourth-order valence-electron chi connectivity index (χ4n) is 2.04. The van der Waals surface area contributed by atoms with Crippen LogP contribution >= 0.6 is 11.3 Å². The second kappa shape index (κ2) is 8.02. The smallest absolute Gasteiger partial charge is 0.140 e. The number of nitrogens with zero attached hydrogens (tertiary/aromatic N) is 1. The van der Waals surface area contributed by atoms with Gasteiger partial charge in [-0.05, 0) is 24.1 Å². The van der Waals surface area contributed by atoms with Crippen LogP contribution in [0.25, 0.3) is 0 Å². The fourth-order valence-corrected chi connectivity index (χ4v) is 2.56. The van der Waals surface area contributed by atoms with Crippen molar-refractivity contribution in [1.29, 1.82) is 0 Å². The molecule has 0 radical (unpaired) electrons. The summed E-state index contributed by atoms with van der Waals surface area (Å²) in [5.74, 6) is 0.784. The van der Waals surface area contributed by atoms with Gasteiger partial charge in [-0.1, -0.05) is 38.3 Å². The SMILES string of the molecule is CCCCCC(O)c1cccc(OCc2nccs2)c1. The fraction of sp³-hybridized carbons (Fsp3) is 0.438. The maximum Gasteiger partial charge on any atom is 0.140 e. The molecular formula is C16H21NO2S. The summed E-state index contributed by atoms with van der Waals surface area (Å²) in [5.41, 5.74) is 0.928. The van der Waals surface area contributed by atoms with E-state index in [0.717, 1.165) is 35.6 Å². The second-order valence-corrected chi connectivity index (χ2v) is 5.78.